The molecule has 7 heteroatoms. The van der Waals surface area contributed by atoms with Crippen LogP contribution in [0.5, 0.6) is 0 Å². The molecule has 19 heavy (non-hydrogen) atoms. The Balaban J connectivity index is 2.99. The van der Waals surface area contributed by atoms with Crippen LogP contribution in [0, 0.1) is 0 Å². The van der Waals surface area contributed by atoms with Crippen molar-refractivity contribution < 1.29 is 13.2 Å². The molecule has 1 heterocycles. The zero-order chi connectivity index (χ0) is 14.6. The molecule has 0 aliphatic carbocycles. The molecule has 1 rings (SSSR count). The summed E-state index contributed by atoms with van der Waals surface area (Å²) in [6, 6.07) is 0.369. The normalized spacial score (nSPS) is 14.0. The molecule has 1 aromatic rings. The highest BCUT2D eigenvalue weighted by Gasteiger charge is 2.23. The summed E-state index contributed by atoms with van der Waals surface area (Å²) >= 11 is 1.44. The monoisotopic (exact) mass is 306 g/mol. The summed E-state index contributed by atoms with van der Waals surface area (Å²) in [5, 5.41) is 3.38. The number of rotatable bonds is 7. The Morgan fingerprint density at radius 1 is 1.37 bits per heavy atom. The lowest BCUT2D eigenvalue weighted by Crippen LogP contribution is -2.21. The Kier molecular flexibility index (Phi) is 5.91. The maximum absolute atomic E-state index is 11.6. The molecule has 1 unspecified atom stereocenters. The summed E-state index contributed by atoms with van der Waals surface area (Å²) in [5.74, 6) is 0. The highest BCUT2D eigenvalue weighted by atomic mass is 32.2. The first kappa shape index (κ1) is 16.6. The second-order valence-electron chi connectivity index (χ2n) is 4.86. The summed E-state index contributed by atoms with van der Waals surface area (Å²) < 4.78 is 28.3. The molecule has 5 nitrogen and oxygen atoms in total. The summed E-state index contributed by atoms with van der Waals surface area (Å²) in [5.41, 5.74) is 0.825. The highest BCUT2D eigenvalue weighted by molar-refractivity contribution is 7.91. The van der Waals surface area contributed by atoms with E-state index in [2.05, 4.69) is 24.1 Å². The van der Waals surface area contributed by atoms with Crippen molar-refractivity contribution in [2.75, 3.05) is 13.4 Å². The SMILES string of the molecule is COCc1nc(C(C)S(C)(=O)=O)sc1CNC(C)C. The van der Waals surface area contributed by atoms with Gasteiger partial charge in [-0.3, -0.25) is 0 Å². The summed E-state index contributed by atoms with van der Waals surface area (Å²) in [4.78, 5) is 5.46. The van der Waals surface area contributed by atoms with Crippen LogP contribution in [-0.4, -0.2) is 32.8 Å². The lowest BCUT2D eigenvalue weighted by Gasteiger charge is -2.07. The van der Waals surface area contributed by atoms with Gasteiger partial charge >= 0.3 is 0 Å². The van der Waals surface area contributed by atoms with Crippen LogP contribution in [-0.2, 0) is 27.7 Å². The average molecular weight is 306 g/mol. The number of aromatic nitrogens is 1. The maximum atomic E-state index is 11.6. The number of nitrogens with zero attached hydrogens (tertiary/aromatic N) is 1. The highest BCUT2D eigenvalue weighted by Crippen LogP contribution is 2.28. The topological polar surface area (TPSA) is 68.3 Å². The van der Waals surface area contributed by atoms with Gasteiger partial charge in [-0.1, -0.05) is 13.8 Å². The van der Waals surface area contributed by atoms with E-state index in [4.69, 9.17) is 4.74 Å². The van der Waals surface area contributed by atoms with Gasteiger partial charge in [-0.15, -0.1) is 11.3 Å². The first-order chi connectivity index (χ1) is 8.75. The Hall–Kier alpha value is -0.500. The van der Waals surface area contributed by atoms with Gasteiger partial charge in [0.05, 0.1) is 12.3 Å². The number of thiazole rings is 1. The van der Waals surface area contributed by atoms with Crippen LogP contribution in [0.1, 0.15) is 41.6 Å². The molecule has 0 radical (unpaired) electrons. The van der Waals surface area contributed by atoms with E-state index in [-0.39, 0.29) is 0 Å². The Bertz CT molecular complexity index is 509. The number of nitrogens with one attached hydrogen (secondary N) is 1. The minimum absolute atomic E-state index is 0.369. The molecule has 0 fully saturated rings. The molecule has 1 atom stereocenters. The van der Waals surface area contributed by atoms with Crippen molar-refractivity contribution in [3.63, 3.8) is 0 Å². The van der Waals surface area contributed by atoms with Crippen LogP contribution in [0.3, 0.4) is 0 Å². The summed E-state index contributed by atoms with van der Waals surface area (Å²) in [6.07, 6.45) is 1.24. The predicted molar refractivity (Wildman–Crippen MR) is 78.1 cm³/mol. The molecule has 0 aliphatic rings. The Morgan fingerprint density at radius 2 is 2.00 bits per heavy atom. The second-order valence-corrected chi connectivity index (χ2v) is 8.34. The molecule has 0 amide bonds. The minimum atomic E-state index is -3.12. The van der Waals surface area contributed by atoms with Gasteiger partial charge in [0.2, 0.25) is 0 Å². The van der Waals surface area contributed by atoms with Crippen LogP contribution in [0.4, 0.5) is 0 Å². The van der Waals surface area contributed by atoms with E-state index in [9.17, 15) is 8.42 Å². The zero-order valence-electron chi connectivity index (χ0n) is 12.1. The third kappa shape index (κ3) is 4.83. The fourth-order valence-electron chi connectivity index (χ4n) is 1.44. The molecule has 0 saturated heterocycles. The lowest BCUT2D eigenvalue weighted by molar-refractivity contribution is 0.181. The number of ether oxygens (including phenoxy) is 1. The smallest absolute Gasteiger partial charge is 0.156 e. The van der Waals surface area contributed by atoms with Gasteiger partial charge in [0.1, 0.15) is 10.3 Å². The fourth-order valence-corrected chi connectivity index (χ4v) is 3.48. The van der Waals surface area contributed by atoms with Crippen LogP contribution >= 0.6 is 11.3 Å². The van der Waals surface area contributed by atoms with Crippen molar-refractivity contribution in [3.8, 4) is 0 Å². The fraction of sp³-hybridized carbons (Fsp3) is 0.750. The second kappa shape index (κ2) is 6.78. The molecule has 0 spiro atoms. The molecule has 110 valence electrons. The number of sulfone groups is 1. The maximum Gasteiger partial charge on any atom is 0.156 e. The van der Waals surface area contributed by atoms with Gasteiger partial charge in [-0.05, 0) is 6.92 Å². The standard InChI is InChI=1S/C12H22N2O3S2/c1-8(2)13-6-11-10(7-17-4)14-12(18-11)9(3)19(5,15)16/h8-9,13H,6-7H2,1-5H3. The van der Waals surface area contributed by atoms with Crippen molar-refractivity contribution in [3.05, 3.63) is 15.6 Å². The Morgan fingerprint density at radius 3 is 2.47 bits per heavy atom. The first-order valence-electron chi connectivity index (χ1n) is 6.15. The summed E-state index contributed by atoms with van der Waals surface area (Å²) in [7, 11) is -1.51. The van der Waals surface area contributed by atoms with Gasteiger partial charge in [0.15, 0.2) is 9.84 Å². The molecule has 0 aromatic carbocycles. The number of hydrogen-bond acceptors (Lipinski definition) is 6. The van der Waals surface area contributed by atoms with Gasteiger partial charge in [0, 0.05) is 30.8 Å². The molecular formula is C12H22N2O3S2. The van der Waals surface area contributed by atoms with Gasteiger partial charge in [-0.25, -0.2) is 13.4 Å². The van der Waals surface area contributed by atoms with Crippen LogP contribution in [0.15, 0.2) is 0 Å². The van der Waals surface area contributed by atoms with Crippen molar-refractivity contribution in [1.29, 1.82) is 0 Å². The van der Waals surface area contributed by atoms with E-state index >= 15 is 0 Å². The molecule has 1 aromatic heterocycles. The summed E-state index contributed by atoms with van der Waals surface area (Å²) in [6.45, 7) is 6.89. The van der Waals surface area contributed by atoms with E-state index in [1.54, 1.807) is 14.0 Å². The van der Waals surface area contributed by atoms with Gasteiger partial charge in [0.25, 0.3) is 0 Å². The van der Waals surface area contributed by atoms with Crippen molar-refractivity contribution in [2.45, 2.75) is 45.2 Å². The van der Waals surface area contributed by atoms with Crippen molar-refractivity contribution >= 4 is 21.2 Å². The van der Waals surface area contributed by atoms with Crippen LogP contribution in [0.2, 0.25) is 0 Å². The lowest BCUT2D eigenvalue weighted by atomic mass is 10.3. The molecule has 0 bridgehead atoms. The Labute approximate surface area is 119 Å². The van der Waals surface area contributed by atoms with Crippen LogP contribution < -0.4 is 5.32 Å². The predicted octanol–water partition coefficient (Wildman–Crippen LogP) is 1.89. The zero-order valence-corrected chi connectivity index (χ0v) is 13.7. The van der Waals surface area contributed by atoms with Gasteiger partial charge < -0.3 is 10.1 Å². The van der Waals surface area contributed by atoms with Crippen molar-refractivity contribution in [1.82, 2.24) is 10.3 Å². The third-order valence-corrected chi connectivity index (χ3v) is 5.67. The first-order valence-corrected chi connectivity index (χ1v) is 8.92. The minimum Gasteiger partial charge on any atom is -0.378 e. The largest absolute Gasteiger partial charge is 0.378 e. The van der Waals surface area contributed by atoms with E-state index in [0.717, 1.165) is 10.6 Å². The van der Waals surface area contributed by atoms with E-state index in [1.165, 1.54) is 17.6 Å². The quantitative estimate of drug-likeness (QED) is 0.833. The number of hydrogen-bond donors (Lipinski definition) is 1. The van der Waals surface area contributed by atoms with E-state index < -0.39 is 15.1 Å². The molecule has 0 aliphatic heterocycles. The molecular weight excluding hydrogens is 284 g/mol. The van der Waals surface area contributed by atoms with Crippen LogP contribution in [0.25, 0.3) is 0 Å². The van der Waals surface area contributed by atoms with Gasteiger partial charge in [-0.2, -0.15) is 0 Å². The molecule has 0 saturated carbocycles. The van der Waals surface area contributed by atoms with E-state index in [1.807, 2.05) is 0 Å². The number of methoxy groups -OCH3 is 1. The van der Waals surface area contributed by atoms with Crippen molar-refractivity contribution in [2.24, 2.45) is 0 Å². The van der Waals surface area contributed by atoms with E-state index in [0.29, 0.717) is 24.2 Å². The molecule has 1 N–H and O–H groups in total. The third-order valence-electron chi connectivity index (χ3n) is 2.74. The average Bonchev–Trinajstić information content (AvgIpc) is 2.68.